The monoisotopic (exact) mass is 264 g/mol. The minimum Gasteiger partial charge on any atom is -0.454 e. The second kappa shape index (κ2) is 6.54. The fraction of sp³-hybridized carbons (Fsp3) is 0.500. The third kappa shape index (κ3) is 3.68. The van der Waals surface area contributed by atoms with Crippen molar-refractivity contribution in [3.8, 4) is 11.5 Å². The Morgan fingerprint density at radius 2 is 2.16 bits per heavy atom. The molecule has 1 heterocycles. The van der Waals surface area contributed by atoms with Gasteiger partial charge in [-0.25, -0.2) is 0 Å². The molecule has 1 aliphatic rings. The van der Waals surface area contributed by atoms with Crippen LogP contribution >= 0.6 is 0 Å². The second-order valence-corrected chi connectivity index (χ2v) is 4.69. The number of likely N-dealkylation sites (N-methyl/N-ethyl adjacent to an activating group) is 1. The lowest BCUT2D eigenvalue weighted by Gasteiger charge is -2.15. The minimum absolute atomic E-state index is 0.102. The molecular formula is C14H20N2O3. The molecule has 2 rings (SSSR count). The Hall–Kier alpha value is -1.59. The third-order valence-electron chi connectivity index (χ3n) is 3.07. The van der Waals surface area contributed by atoms with Crippen LogP contribution in [0, 0.1) is 0 Å². The molecule has 1 aromatic carbocycles. The van der Waals surface area contributed by atoms with Crippen molar-refractivity contribution in [1.82, 2.24) is 10.2 Å². The van der Waals surface area contributed by atoms with E-state index in [1.165, 1.54) is 0 Å². The Morgan fingerprint density at radius 1 is 1.37 bits per heavy atom. The highest BCUT2D eigenvalue weighted by atomic mass is 16.7. The Balaban J connectivity index is 1.89. The summed E-state index contributed by atoms with van der Waals surface area (Å²) < 4.78 is 10.5. The molecule has 0 radical (unpaired) electrons. The van der Waals surface area contributed by atoms with Crippen LogP contribution in [0.2, 0.25) is 0 Å². The van der Waals surface area contributed by atoms with E-state index in [2.05, 4.69) is 5.32 Å². The summed E-state index contributed by atoms with van der Waals surface area (Å²) in [6, 6.07) is 5.33. The Kier molecular flexibility index (Phi) is 4.76. The van der Waals surface area contributed by atoms with Crippen LogP contribution in [0.5, 0.6) is 11.5 Å². The molecule has 0 aromatic heterocycles. The lowest BCUT2D eigenvalue weighted by molar-refractivity contribution is 0.0945. The molecule has 1 aliphatic heterocycles. The van der Waals surface area contributed by atoms with E-state index in [1.54, 1.807) is 18.2 Å². The fourth-order valence-electron chi connectivity index (χ4n) is 2.01. The van der Waals surface area contributed by atoms with Crippen molar-refractivity contribution < 1.29 is 14.3 Å². The number of ketones is 1. The molecule has 0 saturated heterocycles. The zero-order valence-corrected chi connectivity index (χ0v) is 11.4. The predicted octanol–water partition coefficient (Wildman–Crippen LogP) is 1.14. The zero-order chi connectivity index (χ0) is 13.7. The number of rotatable bonds is 7. The fourth-order valence-corrected chi connectivity index (χ4v) is 2.01. The van der Waals surface area contributed by atoms with Crippen LogP contribution < -0.4 is 14.8 Å². The molecule has 0 amide bonds. The Morgan fingerprint density at radius 3 is 2.95 bits per heavy atom. The first kappa shape index (κ1) is 13.8. The number of nitrogens with zero attached hydrogens (tertiary/aromatic N) is 1. The maximum Gasteiger partial charge on any atom is 0.231 e. The summed E-state index contributed by atoms with van der Waals surface area (Å²) in [4.78, 5) is 14.2. The van der Waals surface area contributed by atoms with Gasteiger partial charge in [-0.1, -0.05) is 0 Å². The summed E-state index contributed by atoms with van der Waals surface area (Å²) in [7, 11) is 3.89. The van der Waals surface area contributed by atoms with Crippen LogP contribution in [0.4, 0.5) is 0 Å². The largest absolute Gasteiger partial charge is 0.454 e. The zero-order valence-electron chi connectivity index (χ0n) is 11.4. The van der Waals surface area contributed by atoms with Crippen LogP contribution in [0.3, 0.4) is 0 Å². The molecular weight excluding hydrogens is 244 g/mol. The molecule has 5 heteroatoms. The second-order valence-electron chi connectivity index (χ2n) is 4.69. The predicted molar refractivity (Wildman–Crippen MR) is 72.9 cm³/mol. The van der Waals surface area contributed by atoms with Gasteiger partial charge >= 0.3 is 0 Å². The smallest absolute Gasteiger partial charge is 0.231 e. The van der Waals surface area contributed by atoms with Crippen LogP contribution in [0.1, 0.15) is 16.8 Å². The van der Waals surface area contributed by atoms with Crippen molar-refractivity contribution in [1.29, 1.82) is 0 Å². The van der Waals surface area contributed by atoms with Gasteiger partial charge in [0.1, 0.15) is 0 Å². The number of Topliss-reactive ketones (excluding diaryl/α,β-unsaturated/α-hetero) is 1. The van der Waals surface area contributed by atoms with E-state index in [4.69, 9.17) is 9.47 Å². The standard InChI is InChI=1S/C14H20N2O3/c1-15-6-3-7-16(2)9-12(17)11-4-5-13-14(8-11)19-10-18-13/h4-5,8,15H,3,6-7,9-10H2,1-2H3. The van der Waals surface area contributed by atoms with E-state index in [0.717, 1.165) is 19.5 Å². The first-order valence-corrected chi connectivity index (χ1v) is 6.46. The molecule has 0 aliphatic carbocycles. The number of benzene rings is 1. The maximum absolute atomic E-state index is 12.1. The first-order chi connectivity index (χ1) is 9.20. The lowest BCUT2D eigenvalue weighted by atomic mass is 10.1. The van der Waals surface area contributed by atoms with Gasteiger partial charge in [-0.05, 0) is 51.8 Å². The van der Waals surface area contributed by atoms with Crippen molar-refractivity contribution in [2.75, 3.05) is 40.5 Å². The van der Waals surface area contributed by atoms with Crippen LogP contribution in [0.15, 0.2) is 18.2 Å². The number of fused-ring (bicyclic) bond motifs is 1. The molecule has 19 heavy (non-hydrogen) atoms. The van der Waals surface area contributed by atoms with Crippen molar-refractivity contribution in [2.45, 2.75) is 6.42 Å². The summed E-state index contributed by atoms with van der Waals surface area (Å²) >= 11 is 0. The topological polar surface area (TPSA) is 50.8 Å². The number of hydrogen-bond donors (Lipinski definition) is 1. The van der Waals surface area contributed by atoms with Gasteiger partial charge in [0.15, 0.2) is 17.3 Å². The van der Waals surface area contributed by atoms with Gasteiger partial charge in [0.25, 0.3) is 0 Å². The van der Waals surface area contributed by atoms with E-state index in [-0.39, 0.29) is 12.6 Å². The maximum atomic E-state index is 12.1. The summed E-state index contributed by atoms with van der Waals surface area (Å²) in [5.74, 6) is 1.47. The van der Waals surface area contributed by atoms with Crippen molar-refractivity contribution in [2.24, 2.45) is 0 Å². The lowest BCUT2D eigenvalue weighted by Crippen LogP contribution is -2.28. The molecule has 104 valence electrons. The van der Waals surface area contributed by atoms with E-state index in [1.807, 2.05) is 19.0 Å². The molecule has 5 nitrogen and oxygen atoms in total. The van der Waals surface area contributed by atoms with Crippen LogP contribution in [0.25, 0.3) is 0 Å². The third-order valence-corrected chi connectivity index (χ3v) is 3.07. The average Bonchev–Trinajstić information content (AvgIpc) is 2.86. The van der Waals surface area contributed by atoms with Gasteiger partial charge in [0, 0.05) is 5.56 Å². The highest BCUT2D eigenvalue weighted by molar-refractivity contribution is 5.98. The van der Waals surface area contributed by atoms with E-state index in [9.17, 15) is 4.79 Å². The van der Waals surface area contributed by atoms with Gasteiger partial charge in [0.05, 0.1) is 6.54 Å². The molecule has 0 atom stereocenters. The highest BCUT2D eigenvalue weighted by Gasteiger charge is 2.16. The van der Waals surface area contributed by atoms with Crippen LogP contribution in [-0.4, -0.2) is 51.2 Å². The Bertz CT molecular complexity index is 448. The number of nitrogens with one attached hydrogen (secondary N) is 1. The van der Waals surface area contributed by atoms with E-state index in [0.29, 0.717) is 23.6 Å². The summed E-state index contributed by atoms with van der Waals surface area (Å²) in [6.45, 7) is 2.51. The number of carbonyl (C=O) groups is 1. The van der Waals surface area contributed by atoms with Crippen molar-refractivity contribution >= 4 is 5.78 Å². The Labute approximate surface area is 113 Å². The van der Waals surface area contributed by atoms with Gasteiger partial charge in [-0.2, -0.15) is 0 Å². The van der Waals surface area contributed by atoms with Gasteiger partial charge in [-0.15, -0.1) is 0 Å². The summed E-state index contributed by atoms with van der Waals surface area (Å²) in [5, 5.41) is 3.09. The SMILES string of the molecule is CNCCCN(C)CC(=O)c1ccc2c(c1)OCO2. The van der Waals surface area contributed by atoms with Crippen LogP contribution in [-0.2, 0) is 0 Å². The highest BCUT2D eigenvalue weighted by Crippen LogP contribution is 2.32. The summed E-state index contributed by atoms with van der Waals surface area (Å²) in [5.41, 5.74) is 0.671. The number of hydrogen-bond acceptors (Lipinski definition) is 5. The van der Waals surface area contributed by atoms with E-state index >= 15 is 0 Å². The van der Waals surface area contributed by atoms with Gasteiger partial charge in [0.2, 0.25) is 6.79 Å². The summed E-state index contributed by atoms with van der Waals surface area (Å²) in [6.07, 6.45) is 1.03. The van der Waals surface area contributed by atoms with Gasteiger partial charge in [-0.3, -0.25) is 9.69 Å². The normalized spacial score (nSPS) is 13.0. The average molecular weight is 264 g/mol. The van der Waals surface area contributed by atoms with Crippen molar-refractivity contribution in [3.63, 3.8) is 0 Å². The molecule has 1 aromatic rings. The molecule has 0 saturated carbocycles. The number of carbonyl (C=O) groups excluding carboxylic acids is 1. The van der Waals surface area contributed by atoms with E-state index < -0.39 is 0 Å². The molecule has 0 spiro atoms. The quantitative estimate of drug-likeness (QED) is 0.591. The first-order valence-electron chi connectivity index (χ1n) is 6.46. The molecule has 0 unspecified atom stereocenters. The number of ether oxygens (including phenoxy) is 2. The van der Waals surface area contributed by atoms with Crippen molar-refractivity contribution in [3.05, 3.63) is 23.8 Å². The minimum atomic E-state index is 0.102. The molecule has 0 fully saturated rings. The molecule has 0 bridgehead atoms. The van der Waals surface area contributed by atoms with Gasteiger partial charge < -0.3 is 14.8 Å². The molecule has 1 N–H and O–H groups in total.